The van der Waals surface area contributed by atoms with Gasteiger partial charge in [-0.2, -0.15) is 5.06 Å². The van der Waals surface area contributed by atoms with Crippen LogP contribution in [0.4, 0.5) is 5.69 Å². The summed E-state index contributed by atoms with van der Waals surface area (Å²) in [4.78, 5) is 42.2. The predicted molar refractivity (Wildman–Crippen MR) is 212 cm³/mol. The average Bonchev–Trinajstić information content (AvgIpc) is 3.46. The van der Waals surface area contributed by atoms with Crippen LogP contribution in [0, 0.1) is 29.1 Å². The Labute approximate surface area is 321 Å². The Kier molecular flexibility index (Phi) is 12.7. The first-order valence-corrected chi connectivity index (χ1v) is 20.9. The molecule has 8 atom stereocenters. The lowest BCUT2D eigenvalue weighted by atomic mass is 9.45. The number of methoxy groups -OCH3 is 1. The molecule has 4 N–H and O–H groups in total. The number of nitrogens with one attached hydrogen (secondary N) is 1. The number of carbonyl (C=O) groups is 2. The van der Waals surface area contributed by atoms with Gasteiger partial charge in [-0.1, -0.05) is 39.0 Å². The molecule has 2 aromatic carbocycles. The highest BCUT2D eigenvalue weighted by molar-refractivity contribution is 7.91. The first-order chi connectivity index (χ1) is 25.2. The topological polar surface area (TPSA) is 167 Å². The van der Waals surface area contributed by atoms with Crippen molar-refractivity contribution < 1.29 is 32.7 Å². The van der Waals surface area contributed by atoms with Crippen LogP contribution in [0.2, 0.25) is 0 Å². The lowest BCUT2D eigenvalue weighted by molar-refractivity contribution is -0.175. The van der Waals surface area contributed by atoms with E-state index in [-0.39, 0.29) is 54.0 Å². The Bertz CT molecular complexity index is 1850. The van der Waals surface area contributed by atoms with E-state index in [1.165, 1.54) is 6.42 Å². The highest BCUT2D eigenvalue weighted by Gasteiger charge is 2.57. The van der Waals surface area contributed by atoms with Gasteiger partial charge in [0.05, 0.1) is 37.3 Å². The number of nitrogens with zero attached hydrogens (tertiary/aromatic N) is 4. The number of nitrogens with two attached hydrogens (primary N) is 1. The molecule has 1 saturated heterocycles. The molecule has 3 saturated carbocycles. The summed E-state index contributed by atoms with van der Waals surface area (Å²) in [6.45, 7) is 9.07. The van der Waals surface area contributed by atoms with Crippen LogP contribution >= 0.6 is 0 Å². The van der Waals surface area contributed by atoms with Crippen molar-refractivity contribution >= 4 is 33.1 Å². The third kappa shape index (κ3) is 8.84. The average molecular weight is 769 g/mol. The molecule has 2 bridgehead atoms. The summed E-state index contributed by atoms with van der Waals surface area (Å²) in [7, 11) is 5.45. The Morgan fingerprint density at radius 1 is 1.17 bits per heavy atom. The summed E-state index contributed by atoms with van der Waals surface area (Å²) in [5.41, 5.74) is 9.82. The van der Waals surface area contributed by atoms with Gasteiger partial charge in [0, 0.05) is 67.8 Å². The third-order valence-electron chi connectivity index (χ3n) is 11.9. The normalized spacial score (nSPS) is 27.4. The number of aliphatic hydroxyl groups excluding tert-OH is 1. The number of aliphatic imine (C=N–C) groups is 1. The van der Waals surface area contributed by atoms with Gasteiger partial charge in [-0.25, -0.2) is 13.4 Å². The van der Waals surface area contributed by atoms with Crippen LogP contribution in [-0.4, -0.2) is 126 Å². The number of aliphatic hydroxyl groups is 1. The zero-order valence-electron chi connectivity index (χ0n) is 33.5. The second-order valence-electron chi connectivity index (χ2n) is 16.7. The second-order valence-corrected chi connectivity index (χ2v) is 18.9. The van der Waals surface area contributed by atoms with Gasteiger partial charge in [-0.3, -0.25) is 14.4 Å². The van der Waals surface area contributed by atoms with Crippen LogP contribution < -0.4 is 20.7 Å². The molecule has 54 heavy (non-hydrogen) atoms. The first kappa shape index (κ1) is 41.8. The molecule has 1 heterocycles. The summed E-state index contributed by atoms with van der Waals surface area (Å²) in [5, 5.41) is 16.0. The Morgan fingerprint density at radius 3 is 2.43 bits per heavy atom. The van der Waals surface area contributed by atoms with Crippen molar-refractivity contribution in [1.29, 1.82) is 0 Å². The molecule has 0 unspecified atom stereocenters. The van der Waals surface area contributed by atoms with Crippen molar-refractivity contribution in [3.8, 4) is 16.9 Å². The number of benzene rings is 2. The Morgan fingerprint density at radius 2 is 1.87 bits per heavy atom. The smallest absolute Gasteiger partial charge is 0.277 e. The van der Waals surface area contributed by atoms with E-state index in [1.807, 2.05) is 43.3 Å². The molecule has 3 aliphatic carbocycles. The van der Waals surface area contributed by atoms with Gasteiger partial charge in [0.25, 0.3) is 5.91 Å². The fourth-order valence-corrected chi connectivity index (χ4v) is 9.77. The number of sulfone groups is 1. The third-order valence-corrected chi connectivity index (χ3v) is 12.8. The number of hydrogen-bond donors (Lipinski definition) is 3. The van der Waals surface area contributed by atoms with Gasteiger partial charge >= 0.3 is 0 Å². The first-order valence-electron chi connectivity index (χ1n) is 18.8. The lowest BCUT2D eigenvalue weighted by Crippen LogP contribution is -2.62. The molecule has 4 fully saturated rings. The SMILES string of the molecule is COc1c(CN2O[C@@H](CN)[C@@H]([C@H](C)O)[C@H]2C(=O)N[C@H]2C[C@H]3C[C@@H]([C@@H]2C)C3(C)C)cccc1-c1cc(C(=O)N=C(CN(C)C)CS(C)(=O)=O)cc(N(C)C)c1. The van der Waals surface area contributed by atoms with Crippen molar-refractivity contribution in [2.24, 2.45) is 39.8 Å². The minimum atomic E-state index is -3.43. The molecular formula is C40H60N6O7S. The number of para-hydroxylation sites is 1. The zero-order chi connectivity index (χ0) is 39.9. The highest BCUT2D eigenvalue weighted by atomic mass is 32.2. The minimum absolute atomic E-state index is 0.0381. The summed E-state index contributed by atoms with van der Waals surface area (Å²) in [5.74, 6) is 0.347. The monoisotopic (exact) mass is 768 g/mol. The van der Waals surface area contributed by atoms with Crippen molar-refractivity contribution in [2.45, 2.75) is 71.4 Å². The van der Waals surface area contributed by atoms with Crippen LogP contribution in [0.25, 0.3) is 11.1 Å². The van der Waals surface area contributed by atoms with Crippen molar-refractivity contribution in [3.05, 3.63) is 47.5 Å². The molecule has 1 aliphatic heterocycles. The molecule has 0 aromatic heterocycles. The number of fused-ring (bicyclic) bond motifs is 2. The fourth-order valence-electron chi connectivity index (χ4n) is 9.01. The highest BCUT2D eigenvalue weighted by Crippen LogP contribution is 2.61. The van der Waals surface area contributed by atoms with Crippen LogP contribution in [0.1, 0.15) is 56.5 Å². The van der Waals surface area contributed by atoms with E-state index in [0.29, 0.717) is 34.6 Å². The Hall–Kier alpha value is -3.40. The van der Waals surface area contributed by atoms with Crippen molar-refractivity contribution in [1.82, 2.24) is 15.3 Å². The molecule has 2 amide bonds. The van der Waals surface area contributed by atoms with Gasteiger partial charge in [-0.05, 0) is 80.8 Å². The van der Waals surface area contributed by atoms with Gasteiger partial charge in [-0.15, -0.1) is 0 Å². The van der Waals surface area contributed by atoms with E-state index < -0.39 is 39.9 Å². The van der Waals surface area contributed by atoms with Crippen LogP contribution in [0.3, 0.4) is 0 Å². The largest absolute Gasteiger partial charge is 0.496 e. The molecule has 14 heteroatoms. The van der Waals surface area contributed by atoms with E-state index in [9.17, 15) is 23.1 Å². The molecule has 4 aliphatic rings. The number of rotatable bonds is 14. The minimum Gasteiger partial charge on any atom is -0.496 e. The van der Waals surface area contributed by atoms with Gasteiger partial charge < -0.3 is 30.7 Å². The lowest BCUT2D eigenvalue weighted by Gasteiger charge is -2.62. The number of amides is 2. The van der Waals surface area contributed by atoms with Crippen LogP contribution in [0.5, 0.6) is 5.75 Å². The summed E-state index contributed by atoms with van der Waals surface area (Å²) in [6, 6.07) is 10.3. The summed E-state index contributed by atoms with van der Waals surface area (Å²) < 4.78 is 30.3. The van der Waals surface area contributed by atoms with E-state index >= 15 is 0 Å². The summed E-state index contributed by atoms with van der Waals surface area (Å²) in [6.07, 6.45) is 1.82. The quantitative estimate of drug-likeness (QED) is 0.242. The van der Waals surface area contributed by atoms with Gasteiger partial charge in [0.1, 0.15) is 11.8 Å². The number of ether oxygens (including phenoxy) is 1. The van der Waals surface area contributed by atoms with Gasteiger partial charge in [0.15, 0.2) is 9.84 Å². The fraction of sp³-hybridized carbons (Fsp3) is 0.625. The number of anilines is 1. The maximum absolute atomic E-state index is 14.3. The van der Waals surface area contributed by atoms with Crippen molar-refractivity contribution in [2.75, 3.05) is 65.3 Å². The summed E-state index contributed by atoms with van der Waals surface area (Å²) >= 11 is 0. The maximum atomic E-state index is 14.3. The van der Waals surface area contributed by atoms with Crippen LogP contribution in [-0.2, 0) is 26.0 Å². The molecule has 2 aromatic rings. The molecule has 13 nitrogen and oxygen atoms in total. The molecule has 0 radical (unpaired) electrons. The number of hydrogen-bond acceptors (Lipinski definition) is 11. The number of hydroxylamine groups is 2. The van der Waals surface area contributed by atoms with Crippen LogP contribution in [0.15, 0.2) is 41.4 Å². The number of carbonyl (C=O) groups excluding carboxylic acids is 2. The molecular weight excluding hydrogens is 709 g/mol. The standard InChI is InChI=1S/C40H60N6O7S/c1-23-32-17-28(40(32,3)4)18-33(23)43-39(49)36-35(24(2)47)34(19-41)53-46(36)20-25-12-11-13-31(37(25)52-9)26-14-27(16-30(15-26)45(7)8)38(48)42-29(21-44(5)6)22-54(10,50)51/h11-16,23-24,28,32-36,47H,17-22,41H2,1-10H3,(H,43,49)/t23-,24-,28+,32-,33-,34-,35+,36-/m0/s1. The van der Waals surface area contributed by atoms with Gasteiger partial charge in [0.2, 0.25) is 5.91 Å². The van der Waals surface area contributed by atoms with Crippen molar-refractivity contribution in [3.63, 3.8) is 0 Å². The van der Waals surface area contributed by atoms with E-state index in [4.69, 9.17) is 15.3 Å². The maximum Gasteiger partial charge on any atom is 0.277 e. The van der Waals surface area contributed by atoms with E-state index in [2.05, 4.69) is 31.1 Å². The zero-order valence-corrected chi connectivity index (χ0v) is 34.3. The second kappa shape index (κ2) is 16.4. The predicted octanol–water partition coefficient (Wildman–Crippen LogP) is 3.24. The molecule has 298 valence electrons. The van der Waals surface area contributed by atoms with E-state index in [0.717, 1.165) is 23.9 Å². The molecule has 0 spiro atoms. The Balaban J connectivity index is 1.48. The van der Waals surface area contributed by atoms with E-state index in [1.54, 1.807) is 50.2 Å². The molecule has 6 rings (SSSR count).